The quantitative estimate of drug-likeness (QED) is 0.573. The summed E-state index contributed by atoms with van der Waals surface area (Å²) in [6, 6.07) is 0.331. The van der Waals surface area contributed by atoms with Crippen LogP contribution >= 0.6 is 0 Å². The molecule has 1 aliphatic heterocycles. The lowest BCUT2D eigenvalue weighted by atomic mass is 9.73. The van der Waals surface area contributed by atoms with E-state index in [-0.39, 0.29) is 5.60 Å². The first-order valence-electron chi connectivity index (χ1n) is 6.76. The van der Waals surface area contributed by atoms with E-state index in [0.717, 1.165) is 18.9 Å². The van der Waals surface area contributed by atoms with Gasteiger partial charge in [-0.3, -0.25) is 11.3 Å². The zero-order chi connectivity index (χ0) is 11.6. The highest BCUT2D eigenvalue weighted by Crippen LogP contribution is 2.38. The van der Waals surface area contributed by atoms with Crippen molar-refractivity contribution in [3.8, 4) is 0 Å². The van der Waals surface area contributed by atoms with E-state index in [4.69, 9.17) is 10.6 Å². The molecule has 0 aromatic carbocycles. The molecule has 2 aliphatic rings. The average molecular weight is 226 g/mol. The van der Waals surface area contributed by atoms with Gasteiger partial charge in [-0.2, -0.15) is 0 Å². The number of nitrogens with two attached hydrogens (primary N) is 1. The van der Waals surface area contributed by atoms with Gasteiger partial charge in [0.05, 0.1) is 11.6 Å². The predicted octanol–water partition coefficient (Wildman–Crippen LogP) is 2.21. The average Bonchev–Trinajstić information content (AvgIpc) is 2.67. The highest BCUT2D eigenvalue weighted by atomic mass is 16.5. The molecular formula is C13H26N2O. The molecule has 0 amide bonds. The van der Waals surface area contributed by atoms with Gasteiger partial charge in [0.2, 0.25) is 0 Å². The molecule has 0 spiro atoms. The summed E-state index contributed by atoms with van der Waals surface area (Å²) in [5.74, 6) is 7.32. The molecule has 3 nitrogen and oxygen atoms in total. The van der Waals surface area contributed by atoms with Gasteiger partial charge in [-0.15, -0.1) is 0 Å². The van der Waals surface area contributed by atoms with Crippen LogP contribution in [0.5, 0.6) is 0 Å². The van der Waals surface area contributed by atoms with Crippen LogP contribution in [0.2, 0.25) is 0 Å². The maximum absolute atomic E-state index is 5.94. The molecule has 0 aromatic rings. The molecule has 1 saturated carbocycles. The second-order valence-corrected chi connectivity index (χ2v) is 5.94. The minimum Gasteiger partial charge on any atom is -0.374 e. The summed E-state index contributed by atoms with van der Waals surface area (Å²) in [5, 5.41) is 0. The molecule has 4 unspecified atom stereocenters. The lowest BCUT2D eigenvalue weighted by Gasteiger charge is -2.41. The number of nitrogens with one attached hydrogen (secondary N) is 1. The molecule has 94 valence electrons. The zero-order valence-corrected chi connectivity index (χ0v) is 10.7. The Balaban J connectivity index is 2.03. The van der Waals surface area contributed by atoms with E-state index >= 15 is 0 Å². The summed E-state index contributed by atoms with van der Waals surface area (Å²) < 4.78 is 5.94. The summed E-state index contributed by atoms with van der Waals surface area (Å²) in [5.41, 5.74) is 3.02. The second kappa shape index (κ2) is 5.03. The number of rotatable bonds is 3. The molecule has 3 N–H and O–H groups in total. The maximum Gasteiger partial charge on any atom is 0.0823 e. The fourth-order valence-electron chi connectivity index (χ4n) is 3.64. The van der Waals surface area contributed by atoms with Crippen molar-refractivity contribution in [2.75, 3.05) is 6.61 Å². The van der Waals surface area contributed by atoms with Crippen LogP contribution in [0, 0.1) is 11.8 Å². The first kappa shape index (κ1) is 12.3. The molecule has 1 heterocycles. The van der Waals surface area contributed by atoms with Crippen LogP contribution in [-0.4, -0.2) is 18.2 Å². The van der Waals surface area contributed by atoms with Crippen molar-refractivity contribution in [3.63, 3.8) is 0 Å². The predicted molar refractivity (Wildman–Crippen MR) is 65.8 cm³/mol. The minimum absolute atomic E-state index is 0.0313. The van der Waals surface area contributed by atoms with E-state index in [1.807, 2.05) is 0 Å². The Labute approximate surface area is 99.1 Å². The summed E-state index contributed by atoms with van der Waals surface area (Å²) in [4.78, 5) is 0. The molecular weight excluding hydrogens is 200 g/mol. The van der Waals surface area contributed by atoms with Gasteiger partial charge >= 0.3 is 0 Å². The molecule has 1 aliphatic carbocycles. The summed E-state index contributed by atoms with van der Waals surface area (Å²) >= 11 is 0. The number of hydrogen-bond donors (Lipinski definition) is 2. The Bertz CT molecular complexity index is 226. The second-order valence-electron chi connectivity index (χ2n) is 5.94. The molecule has 2 rings (SSSR count). The third-order valence-electron chi connectivity index (χ3n) is 4.54. The Morgan fingerprint density at radius 3 is 2.75 bits per heavy atom. The lowest BCUT2D eigenvalue weighted by Crippen LogP contribution is -2.56. The van der Waals surface area contributed by atoms with Crippen molar-refractivity contribution in [2.45, 2.75) is 64.0 Å². The maximum atomic E-state index is 5.94. The molecule has 4 atom stereocenters. The third-order valence-corrected chi connectivity index (χ3v) is 4.54. The number of hydrogen-bond acceptors (Lipinski definition) is 3. The van der Waals surface area contributed by atoms with Crippen LogP contribution in [0.4, 0.5) is 0 Å². The highest BCUT2D eigenvalue weighted by molar-refractivity contribution is 4.96. The summed E-state index contributed by atoms with van der Waals surface area (Å²) in [7, 11) is 0. The van der Waals surface area contributed by atoms with Crippen LogP contribution in [0.1, 0.15) is 52.4 Å². The van der Waals surface area contributed by atoms with Crippen LogP contribution < -0.4 is 11.3 Å². The monoisotopic (exact) mass is 226 g/mol. The van der Waals surface area contributed by atoms with Gasteiger partial charge in [0.15, 0.2) is 0 Å². The fraction of sp³-hybridized carbons (Fsp3) is 1.00. The molecule has 3 heteroatoms. The smallest absolute Gasteiger partial charge is 0.0823 e. The van der Waals surface area contributed by atoms with Crippen molar-refractivity contribution in [2.24, 2.45) is 17.7 Å². The minimum atomic E-state index is -0.0313. The van der Waals surface area contributed by atoms with Gasteiger partial charge in [-0.05, 0) is 44.4 Å². The van der Waals surface area contributed by atoms with Gasteiger partial charge in [0.1, 0.15) is 0 Å². The van der Waals surface area contributed by atoms with Crippen molar-refractivity contribution in [3.05, 3.63) is 0 Å². The van der Waals surface area contributed by atoms with Crippen LogP contribution in [-0.2, 0) is 4.74 Å². The van der Waals surface area contributed by atoms with Crippen molar-refractivity contribution in [1.82, 2.24) is 5.43 Å². The van der Waals surface area contributed by atoms with Gasteiger partial charge < -0.3 is 4.74 Å². The van der Waals surface area contributed by atoms with Gasteiger partial charge in [-0.25, -0.2) is 0 Å². The number of hydrazine groups is 1. The highest BCUT2D eigenvalue weighted by Gasteiger charge is 2.42. The fourth-order valence-corrected chi connectivity index (χ4v) is 3.64. The third kappa shape index (κ3) is 2.41. The van der Waals surface area contributed by atoms with Crippen LogP contribution in [0.25, 0.3) is 0 Å². The van der Waals surface area contributed by atoms with Crippen LogP contribution in [0.15, 0.2) is 0 Å². The topological polar surface area (TPSA) is 47.3 Å². The Hall–Kier alpha value is -0.120. The molecule has 2 fully saturated rings. The largest absolute Gasteiger partial charge is 0.374 e. The summed E-state index contributed by atoms with van der Waals surface area (Å²) in [6.07, 6.45) is 7.65. The molecule has 0 bridgehead atoms. The van der Waals surface area contributed by atoms with Crippen molar-refractivity contribution >= 4 is 0 Å². The van der Waals surface area contributed by atoms with Crippen molar-refractivity contribution < 1.29 is 4.74 Å². The van der Waals surface area contributed by atoms with E-state index in [9.17, 15) is 0 Å². The SMILES string of the molecule is CC1CCCC(C(NN)C2(C)CCCO2)C1. The first-order valence-corrected chi connectivity index (χ1v) is 6.76. The standard InChI is InChI=1S/C13H26N2O/c1-10-5-3-6-11(9-10)12(15-14)13(2)7-4-8-16-13/h10-12,15H,3-9,14H2,1-2H3. The van der Waals surface area contributed by atoms with Gasteiger partial charge in [0.25, 0.3) is 0 Å². The number of ether oxygens (including phenoxy) is 1. The van der Waals surface area contributed by atoms with E-state index in [2.05, 4.69) is 19.3 Å². The normalized spacial score (nSPS) is 42.2. The Morgan fingerprint density at radius 1 is 1.38 bits per heavy atom. The summed E-state index contributed by atoms with van der Waals surface area (Å²) in [6.45, 7) is 5.48. The van der Waals surface area contributed by atoms with E-state index < -0.39 is 0 Å². The van der Waals surface area contributed by atoms with E-state index in [0.29, 0.717) is 12.0 Å². The molecule has 0 aromatic heterocycles. The lowest BCUT2D eigenvalue weighted by molar-refractivity contribution is -0.0365. The Kier molecular flexibility index (Phi) is 3.88. The van der Waals surface area contributed by atoms with E-state index in [1.165, 1.54) is 32.1 Å². The van der Waals surface area contributed by atoms with Gasteiger partial charge in [0, 0.05) is 6.61 Å². The molecule has 16 heavy (non-hydrogen) atoms. The van der Waals surface area contributed by atoms with Gasteiger partial charge in [-0.1, -0.05) is 19.8 Å². The molecule has 1 saturated heterocycles. The Morgan fingerprint density at radius 2 is 2.19 bits per heavy atom. The first-order chi connectivity index (χ1) is 7.65. The van der Waals surface area contributed by atoms with E-state index in [1.54, 1.807) is 0 Å². The van der Waals surface area contributed by atoms with Crippen molar-refractivity contribution in [1.29, 1.82) is 0 Å². The zero-order valence-electron chi connectivity index (χ0n) is 10.7. The molecule has 0 radical (unpaired) electrons. The van der Waals surface area contributed by atoms with Crippen LogP contribution in [0.3, 0.4) is 0 Å².